The summed E-state index contributed by atoms with van der Waals surface area (Å²) in [4.78, 5) is 21.8. The van der Waals surface area contributed by atoms with Crippen LogP contribution in [0.5, 0.6) is 5.75 Å². The number of hydrogen-bond donors (Lipinski definition) is 1. The highest BCUT2D eigenvalue weighted by atomic mass is 35.5. The number of carboxylic acids is 1. The first-order valence-electron chi connectivity index (χ1n) is 4.44. The number of rotatable bonds is 4. The highest BCUT2D eigenvalue weighted by molar-refractivity contribution is 6.37. The van der Waals surface area contributed by atoms with Crippen molar-refractivity contribution in [3.05, 3.63) is 39.9 Å². The molecule has 0 spiro atoms. The molecule has 0 atom stereocenters. The van der Waals surface area contributed by atoms with Crippen LogP contribution in [-0.4, -0.2) is 24.0 Å². The van der Waals surface area contributed by atoms with Crippen molar-refractivity contribution in [3.63, 3.8) is 0 Å². The number of carbonyl (C=O) groups is 2. The lowest BCUT2D eigenvalue weighted by Crippen LogP contribution is -1.98. The van der Waals surface area contributed by atoms with Gasteiger partial charge in [-0.05, 0) is 18.2 Å². The lowest BCUT2D eigenvalue weighted by molar-refractivity contribution is -0.131. The van der Waals surface area contributed by atoms with Gasteiger partial charge in [0, 0.05) is 11.6 Å². The third kappa shape index (κ3) is 3.47. The molecule has 0 heterocycles. The summed E-state index contributed by atoms with van der Waals surface area (Å²) in [7, 11) is 1.40. The number of ether oxygens (including phenoxy) is 1. The Morgan fingerprint density at radius 3 is 2.18 bits per heavy atom. The number of halogens is 2. The third-order valence-corrected chi connectivity index (χ3v) is 2.43. The van der Waals surface area contributed by atoms with Gasteiger partial charge in [-0.2, -0.15) is 0 Å². The lowest BCUT2D eigenvalue weighted by atomic mass is 10.1. The van der Waals surface area contributed by atoms with E-state index in [0.29, 0.717) is 0 Å². The molecule has 0 radical (unpaired) electrons. The minimum Gasteiger partial charge on any atom is -0.494 e. The minimum absolute atomic E-state index is 0.187. The zero-order chi connectivity index (χ0) is 13.0. The van der Waals surface area contributed by atoms with E-state index in [0.717, 1.165) is 12.2 Å². The molecule has 0 amide bonds. The molecule has 0 aromatic heterocycles. The van der Waals surface area contributed by atoms with Crippen LogP contribution in [0.1, 0.15) is 10.4 Å². The van der Waals surface area contributed by atoms with Crippen molar-refractivity contribution in [3.8, 4) is 5.75 Å². The van der Waals surface area contributed by atoms with Gasteiger partial charge in [-0.15, -0.1) is 0 Å². The Balaban J connectivity index is 3.08. The molecular weight excluding hydrogens is 267 g/mol. The topological polar surface area (TPSA) is 63.6 Å². The van der Waals surface area contributed by atoms with Gasteiger partial charge in [0.05, 0.1) is 17.2 Å². The minimum atomic E-state index is -1.20. The van der Waals surface area contributed by atoms with Gasteiger partial charge in [0.15, 0.2) is 11.5 Å². The summed E-state index contributed by atoms with van der Waals surface area (Å²) in [5.74, 6) is -1.44. The van der Waals surface area contributed by atoms with Gasteiger partial charge in [-0.25, -0.2) is 4.79 Å². The van der Waals surface area contributed by atoms with Gasteiger partial charge in [-0.3, -0.25) is 4.79 Å². The molecule has 0 aliphatic rings. The highest BCUT2D eigenvalue weighted by Crippen LogP contribution is 2.33. The van der Waals surface area contributed by atoms with Gasteiger partial charge < -0.3 is 9.84 Å². The van der Waals surface area contributed by atoms with E-state index in [4.69, 9.17) is 33.0 Å². The summed E-state index contributed by atoms with van der Waals surface area (Å²) in [5, 5.41) is 8.76. The van der Waals surface area contributed by atoms with E-state index in [1.165, 1.54) is 19.2 Å². The number of benzene rings is 1. The standard InChI is InChI=1S/C11H8Cl2O4/c1-17-11-7(12)4-6(5-8(11)13)9(14)2-3-10(15)16/h2-5H,1H3,(H,15,16)/b3-2+. The highest BCUT2D eigenvalue weighted by Gasteiger charge is 2.11. The Morgan fingerprint density at radius 1 is 1.24 bits per heavy atom. The molecule has 6 heteroatoms. The number of carboxylic acid groups (broad SMARTS) is 1. The Kier molecular flexibility index (Phi) is 4.54. The Bertz CT molecular complexity index is 471. The smallest absolute Gasteiger partial charge is 0.328 e. The maximum atomic E-state index is 11.5. The number of allylic oxidation sites excluding steroid dienone is 1. The van der Waals surface area contributed by atoms with E-state index in [9.17, 15) is 9.59 Å². The van der Waals surface area contributed by atoms with E-state index in [1.807, 2.05) is 0 Å². The zero-order valence-corrected chi connectivity index (χ0v) is 10.2. The average Bonchev–Trinajstić information content (AvgIpc) is 2.25. The van der Waals surface area contributed by atoms with Crippen LogP contribution < -0.4 is 4.74 Å². The number of hydrogen-bond acceptors (Lipinski definition) is 3. The molecule has 17 heavy (non-hydrogen) atoms. The van der Waals surface area contributed by atoms with Gasteiger partial charge in [0.1, 0.15) is 0 Å². The van der Waals surface area contributed by atoms with Gasteiger partial charge in [0.25, 0.3) is 0 Å². The van der Waals surface area contributed by atoms with Crippen LogP contribution in [0, 0.1) is 0 Å². The fraction of sp³-hybridized carbons (Fsp3) is 0.0909. The Hall–Kier alpha value is -1.52. The van der Waals surface area contributed by atoms with Crippen LogP contribution in [0.15, 0.2) is 24.3 Å². The van der Waals surface area contributed by atoms with Crippen molar-refractivity contribution >= 4 is 35.0 Å². The average molecular weight is 275 g/mol. The first-order valence-corrected chi connectivity index (χ1v) is 5.19. The molecule has 1 rings (SSSR count). The maximum absolute atomic E-state index is 11.5. The van der Waals surface area contributed by atoms with Crippen LogP contribution in [0.4, 0.5) is 0 Å². The van der Waals surface area contributed by atoms with Gasteiger partial charge in [-0.1, -0.05) is 23.2 Å². The summed E-state index contributed by atoms with van der Waals surface area (Å²) < 4.78 is 4.92. The summed E-state index contributed by atoms with van der Waals surface area (Å²) in [6, 6.07) is 2.72. The lowest BCUT2D eigenvalue weighted by Gasteiger charge is -2.06. The molecule has 1 N–H and O–H groups in total. The number of ketones is 1. The predicted octanol–water partition coefficient (Wildman–Crippen LogP) is 2.83. The van der Waals surface area contributed by atoms with Crippen molar-refractivity contribution in [1.29, 1.82) is 0 Å². The fourth-order valence-electron chi connectivity index (χ4n) is 1.14. The first-order chi connectivity index (χ1) is 7.95. The summed E-state index contributed by atoms with van der Waals surface area (Å²) in [6.45, 7) is 0. The SMILES string of the molecule is COc1c(Cl)cc(C(=O)/C=C/C(=O)O)cc1Cl. The molecule has 1 aromatic rings. The van der Waals surface area contributed by atoms with Crippen LogP contribution in [0.3, 0.4) is 0 Å². The number of aliphatic carboxylic acids is 1. The molecular formula is C11H8Cl2O4. The number of methoxy groups -OCH3 is 1. The molecule has 1 aromatic carbocycles. The fourth-order valence-corrected chi connectivity index (χ4v) is 1.78. The van der Waals surface area contributed by atoms with Gasteiger partial charge >= 0.3 is 5.97 Å². The van der Waals surface area contributed by atoms with Crippen LogP contribution in [-0.2, 0) is 4.79 Å². The van der Waals surface area contributed by atoms with E-state index in [-0.39, 0.29) is 21.4 Å². The molecule has 0 fully saturated rings. The van der Waals surface area contributed by atoms with Crippen molar-refractivity contribution in [2.24, 2.45) is 0 Å². The quantitative estimate of drug-likeness (QED) is 0.677. The Morgan fingerprint density at radius 2 is 1.76 bits per heavy atom. The largest absolute Gasteiger partial charge is 0.494 e. The summed E-state index contributed by atoms with van der Waals surface area (Å²) in [5.41, 5.74) is 0.193. The second-order valence-corrected chi connectivity index (χ2v) is 3.82. The zero-order valence-electron chi connectivity index (χ0n) is 8.74. The van der Waals surface area contributed by atoms with E-state index in [1.54, 1.807) is 0 Å². The molecule has 90 valence electrons. The van der Waals surface area contributed by atoms with Crippen molar-refractivity contribution in [2.45, 2.75) is 0 Å². The van der Waals surface area contributed by atoms with Crippen LogP contribution in [0.25, 0.3) is 0 Å². The third-order valence-electron chi connectivity index (χ3n) is 1.86. The summed E-state index contributed by atoms with van der Waals surface area (Å²) >= 11 is 11.7. The number of carbonyl (C=O) groups excluding carboxylic acids is 1. The molecule has 0 unspecified atom stereocenters. The van der Waals surface area contributed by atoms with Crippen LogP contribution in [0.2, 0.25) is 10.0 Å². The first kappa shape index (κ1) is 13.5. The van der Waals surface area contributed by atoms with E-state index in [2.05, 4.69) is 0 Å². The van der Waals surface area contributed by atoms with Gasteiger partial charge in [0.2, 0.25) is 0 Å². The van der Waals surface area contributed by atoms with E-state index < -0.39 is 11.8 Å². The second kappa shape index (κ2) is 5.70. The second-order valence-electron chi connectivity index (χ2n) is 3.01. The van der Waals surface area contributed by atoms with Crippen molar-refractivity contribution < 1.29 is 19.4 Å². The molecule has 0 saturated carbocycles. The predicted molar refractivity (Wildman–Crippen MR) is 64.1 cm³/mol. The molecule has 0 bridgehead atoms. The maximum Gasteiger partial charge on any atom is 0.328 e. The van der Waals surface area contributed by atoms with Crippen LogP contribution >= 0.6 is 23.2 Å². The molecule has 0 aliphatic heterocycles. The molecule has 0 aliphatic carbocycles. The van der Waals surface area contributed by atoms with E-state index >= 15 is 0 Å². The normalized spacial score (nSPS) is 10.5. The van der Waals surface area contributed by atoms with Crippen molar-refractivity contribution in [1.82, 2.24) is 0 Å². The monoisotopic (exact) mass is 274 g/mol. The van der Waals surface area contributed by atoms with Crippen molar-refractivity contribution in [2.75, 3.05) is 7.11 Å². The Labute approximate surface area is 107 Å². The molecule has 4 nitrogen and oxygen atoms in total. The summed E-state index contributed by atoms with van der Waals surface area (Å²) in [6.07, 6.45) is 1.67. The molecule has 0 saturated heterocycles.